The van der Waals surface area contributed by atoms with Gasteiger partial charge in [-0.2, -0.15) is 0 Å². The second kappa shape index (κ2) is 6.24. The standard InChI is InChI=1S/C14H11N3O3/c18-13-5-3-1-2-4-11(13)15-16-12-8-6-10(17-20)7-9-14(12)19/h1-9H,(H,15,18)(H,16,19). The van der Waals surface area contributed by atoms with E-state index >= 15 is 0 Å². The topological polar surface area (TPSA) is 87.6 Å². The summed E-state index contributed by atoms with van der Waals surface area (Å²) in [6.07, 6.45) is 0. The zero-order valence-electron chi connectivity index (χ0n) is 10.4. The lowest BCUT2D eigenvalue weighted by molar-refractivity contribution is 1.39. The van der Waals surface area contributed by atoms with Gasteiger partial charge in [0.15, 0.2) is 0 Å². The van der Waals surface area contributed by atoms with Gasteiger partial charge in [-0.25, -0.2) is 0 Å². The Kier molecular flexibility index (Phi) is 4.18. The van der Waals surface area contributed by atoms with Gasteiger partial charge in [-0.15, -0.1) is 4.91 Å². The van der Waals surface area contributed by atoms with E-state index in [0.717, 1.165) is 0 Å². The largest absolute Gasteiger partial charge is 0.297 e. The molecule has 0 aliphatic heterocycles. The predicted octanol–water partition coefficient (Wildman–Crippen LogP) is 2.24. The molecule has 0 saturated heterocycles. The molecule has 0 heterocycles. The molecule has 0 amide bonds. The molecule has 2 N–H and O–H groups in total. The Balaban J connectivity index is 2.26. The van der Waals surface area contributed by atoms with Gasteiger partial charge < -0.3 is 0 Å². The first-order valence-corrected chi connectivity index (χ1v) is 5.80. The van der Waals surface area contributed by atoms with Gasteiger partial charge in [-0.05, 0) is 41.6 Å². The summed E-state index contributed by atoms with van der Waals surface area (Å²) in [7, 11) is 0. The maximum atomic E-state index is 11.7. The molecule has 0 bridgehead atoms. The first kappa shape index (κ1) is 13.4. The van der Waals surface area contributed by atoms with Crippen molar-refractivity contribution in [2.24, 2.45) is 5.18 Å². The van der Waals surface area contributed by atoms with Crippen LogP contribution in [-0.2, 0) is 0 Å². The Hall–Kier alpha value is -3.02. The van der Waals surface area contributed by atoms with Crippen LogP contribution in [0.3, 0.4) is 0 Å². The Morgan fingerprint density at radius 2 is 1.30 bits per heavy atom. The van der Waals surface area contributed by atoms with E-state index in [9.17, 15) is 14.5 Å². The number of hydrogen-bond donors (Lipinski definition) is 2. The van der Waals surface area contributed by atoms with Gasteiger partial charge in [-0.3, -0.25) is 20.4 Å². The molecular weight excluding hydrogens is 258 g/mol. The molecule has 0 unspecified atom stereocenters. The van der Waals surface area contributed by atoms with Crippen LogP contribution in [0.2, 0.25) is 0 Å². The maximum Gasteiger partial charge on any atom is 0.203 e. The lowest BCUT2D eigenvalue weighted by Gasteiger charge is -2.05. The summed E-state index contributed by atoms with van der Waals surface area (Å²) in [6, 6.07) is 13.4. The van der Waals surface area contributed by atoms with E-state index in [1.807, 2.05) is 0 Å². The molecule has 0 radical (unpaired) electrons. The van der Waals surface area contributed by atoms with Crippen molar-refractivity contribution in [1.82, 2.24) is 0 Å². The van der Waals surface area contributed by atoms with Crippen LogP contribution in [0.5, 0.6) is 0 Å². The monoisotopic (exact) mass is 269 g/mol. The highest BCUT2D eigenvalue weighted by Gasteiger charge is 1.99. The van der Waals surface area contributed by atoms with E-state index in [1.165, 1.54) is 30.3 Å². The molecule has 0 atom stereocenters. The lowest BCUT2D eigenvalue weighted by atomic mass is 10.4. The van der Waals surface area contributed by atoms with Crippen LogP contribution < -0.4 is 21.7 Å². The van der Waals surface area contributed by atoms with Crippen molar-refractivity contribution in [1.29, 1.82) is 0 Å². The van der Waals surface area contributed by atoms with Gasteiger partial charge in [-0.1, -0.05) is 18.2 Å². The van der Waals surface area contributed by atoms with Gasteiger partial charge in [0, 0.05) is 0 Å². The normalized spacial score (nSPS) is 9.60. The van der Waals surface area contributed by atoms with Crippen LogP contribution in [0.15, 0.2) is 69.4 Å². The van der Waals surface area contributed by atoms with Gasteiger partial charge in [0.25, 0.3) is 0 Å². The second-order valence-corrected chi connectivity index (χ2v) is 3.90. The molecule has 0 saturated carbocycles. The van der Waals surface area contributed by atoms with Crippen LogP contribution >= 0.6 is 0 Å². The van der Waals surface area contributed by atoms with E-state index in [4.69, 9.17) is 0 Å². The Bertz CT molecular complexity index is 747. The summed E-state index contributed by atoms with van der Waals surface area (Å²) in [5.74, 6) is 0. The van der Waals surface area contributed by atoms with E-state index in [-0.39, 0.29) is 22.2 Å². The van der Waals surface area contributed by atoms with Crippen LogP contribution in [0, 0.1) is 4.91 Å². The zero-order chi connectivity index (χ0) is 14.4. The molecule has 0 aromatic heterocycles. The van der Waals surface area contributed by atoms with Crippen molar-refractivity contribution in [2.45, 2.75) is 0 Å². The minimum Gasteiger partial charge on any atom is -0.297 e. The van der Waals surface area contributed by atoms with Crippen molar-refractivity contribution in [2.75, 3.05) is 10.9 Å². The molecule has 100 valence electrons. The van der Waals surface area contributed by atoms with Crippen molar-refractivity contribution < 1.29 is 0 Å². The minimum absolute atomic E-state index is 0.144. The molecule has 0 aliphatic rings. The smallest absolute Gasteiger partial charge is 0.203 e. The van der Waals surface area contributed by atoms with E-state index < -0.39 is 0 Å². The molecule has 0 fully saturated rings. The molecule has 20 heavy (non-hydrogen) atoms. The van der Waals surface area contributed by atoms with E-state index in [2.05, 4.69) is 16.0 Å². The van der Waals surface area contributed by atoms with Crippen molar-refractivity contribution >= 4 is 17.1 Å². The fraction of sp³-hybridized carbons (Fsp3) is 0. The molecule has 6 nitrogen and oxygen atoms in total. The summed E-state index contributed by atoms with van der Waals surface area (Å²) < 4.78 is 0. The summed E-state index contributed by atoms with van der Waals surface area (Å²) in [6.45, 7) is 0. The van der Waals surface area contributed by atoms with Crippen LogP contribution in [-0.4, -0.2) is 0 Å². The average molecular weight is 269 g/mol. The highest BCUT2D eigenvalue weighted by molar-refractivity contribution is 5.53. The SMILES string of the molecule is O=Nc1ccc(NNc2cccccc2=O)c(=O)cc1. The molecule has 0 spiro atoms. The Labute approximate surface area is 114 Å². The summed E-state index contributed by atoms with van der Waals surface area (Å²) >= 11 is 0. The molecular formula is C14H11N3O3. The Morgan fingerprint density at radius 3 is 2.05 bits per heavy atom. The van der Waals surface area contributed by atoms with Gasteiger partial charge >= 0.3 is 0 Å². The lowest BCUT2D eigenvalue weighted by Crippen LogP contribution is -2.18. The molecule has 2 aromatic carbocycles. The predicted molar refractivity (Wildman–Crippen MR) is 78.1 cm³/mol. The number of hydrazine groups is 1. The number of nitrogens with one attached hydrogen (secondary N) is 2. The second-order valence-electron chi connectivity index (χ2n) is 3.90. The van der Waals surface area contributed by atoms with E-state index in [0.29, 0.717) is 5.69 Å². The third-order valence-corrected chi connectivity index (χ3v) is 2.53. The fourth-order valence-electron chi connectivity index (χ4n) is 1.49. The Morgan fingerprint density at radius 1 is 0.700 bits per heavy atom. The number of hydrogen-bond acceptors (Lipinski definition) is 6. The third-order valence-electron chi connectivity index (χ3n) is 2.53. The summed E-state index contributed by atoms with van der Waals surface area (Å²) in [4.78, 5) is 33.8. The summed E-state index contributed by atoms with van der Waals surface area (Å²) in [5.41, 5.74) is 5.41. The zero-order valence-corrected chi connectivity index (χ0v) is 10.4. The van der Waals surface area contributed by atoms with Crippen molar-refractivity contribution in [3.8, 4) is 0 Å². The number of nitroso groups, excluding NO2 is 1. The first-order valence-electron chi connectivity index (χ1n) is 5.80. The van der Waals surface area contributed by atoms with E-state index in [1.54, 1.807) is 24.3 Å². The van der Waals surface area contributed by atoms with Gasteiger partial charge in [0.05, 0.1) is 0 Å². The van der Waals surface area contributed by atoms with Crippen LogP contribution in [0.1, 0.15) is 0 Å². The van der Waals surface area contributed by atoms with Crippen molar-refractivity contribution in [3.63, 3.8) is 0 Å². The molecule has 0 aliphatic carbocycles. The van der Waals surface area contributed by atoms with Crippen molar-refractivity contribution in [3.05, 3.63) is 80.0 Å². The number of rotatable bonds is 4. The van der Waals surface area contributed by atoms with Gasteiger partial charge in [0.2, 0.25) is 10.9 Å². The number of anilines is 2. The van der Waals surface area contributed by atoms with Crippen LogP contribution in [0.25, 0.3) is 0 Å². The van der Waals surface area contributed by atoms with Gasteiger partial charge in [0.1, 0.15) is 17.1 Å². The first-order chi connectivity index (χ1) is 9.70. The van der Waals surface area contributed by atoms with Crippen LogP contribution in [0.4, 0.5) is 17.1 Å². The highest BCUT2D eigenvalue weighted by Crippen LogP contribution is 2.09. The molecule has 2 rings (SSSR count). The maximum absolute atomic E-state index is 11.7. The quantitative estimate of drug-likeness (QED) is 0.656. The minimum atomic E-state index is -0.333. The molecule has 6 heteroatoms. The fourth-order valence-corrected chi connectivity index (χ4v) is 1.49. The highest BCUT2D eigenvalue weighted by atomic mass is 16.3. The summed E-state index contributed by atoms with van der Waals surface area (Å²) in [5, 5.41) is 2.75. The third kappa shape index (κ3) is 3.26. The average Bonchev–Trinajstić information content (AvgIpc) is 2.76. The molecule has 2 aromatic rings. The number of nitrogens with zero attached hydrogens (tertiary/aromatic N) is 1.